The van der Waals surface area contributed by atoms with Crippen LogP contribution in [0.15, 0.2) is 36.7 Å². The molecule has 1 aromatic heterocycles. The maximum absolute atomic E-state index is 12.8. The Morgan fingerprint density at radius 3 is 2.58 bits per heavy atom. The highest BCUT2D eigenvalue weighted by Crippen LogP contribution is 2.15. The zero-order valence-corrected chi connectivity index (χ0v) is 11.2. The van der Waals surface area contributed by atoms with Gasteiger partial charge in [-0.25, -0.2) is 4.39 Å². The van der Waals surface area contributed by atoms with E-state index in [0.29, 0.717) is 12.5 Å². The average molecular weight is 261 g/mol. The quantitative estimate of drug-likeness (QED) is 0.867. The van der Waals surface area contributed by atoms with E-state index in [-0.39, 0.29) is 5.82 Å². The van der Waals surface area contributed by atoms with E-state index in [1.54, 1.807) is 0 Å². The van der Waals surface area contributed by atoms with Crippen molar-refractivity contribution in [1.29, 1.82) is 0 Å². The molecular weight excluding hydrogens is 241 g/mol. The van der Waals surface area contributed by atoms with Crippen molar-refractivity contribution >= 4 is 0 Å². The van der Waals surface area contributed by atoms with Crippen LogP contribution in [0.1, 0.15) is 17.5 Å². The summed E-state index contributed by atoms with van der Waals surface area (Å²) in [6, 6.07) is 6.68. The van der Waals surface area contributed by atoms with Crippen LogP contribution in [0.4, 0.5) is 4.39 Å². The molecule has 2 rings (SSSR count). The minimum atomic E-state index is -0.191. The van der Waals surface area contributed by atoms with Crippen LogP contribution >= 0.6 is 0 Å². The Morgan fingerprint density at radius 1 is 1.26 bits per heavy atom. The summed E-state index contributed by atoms with van der Waals surface area (Å²) < 4.78 is 14.7. The van der Waals surface area contributed by atoms with Gasteiger partial charge in [-0.3, -0.25) is 4.68 Å². The number of hydrogen-bond donors (Lipinski definition) is 1. The first-order valence-electron chi connectivity index (χ1n) is 6.59. The molecule has 1 unspecified atom stereocenters. The van der Waals surface area contributed by atoms with Gasteiger partial charge in [0, 0.05) is 13.2 Å². The summed E-state index contributed by atoms with van der Waals surface area (Å²) in [6.45, 7) is 0.650. The smallest absolute Gasteiger partial charge is 0.123 e. The molecule has 2 aromatic rings. The minimum Gasteiger partial charge on any atom is -0.330 e. The van der Waals surface area contributed by atoms with Gasteiger partial charge in [0.25, 0.3) is 0 Å². The van der Waals surface area contributed by atoms with Crippen LogP contribution in [0.3, 0.4) is 0 Å². The molecule has 0 spiro atoms. The predicted octanol–water partition coefficient (Wildman–Crippen LogP) is 2.31. The fourth-order valence-electron chi connectivity index (χ4n) is 2.23. The van der Waals surface area contributed by atoms with Crippen LogP contribution in [0.2, 0.25) is 0 Å². The van der Waals surface area contributed by atoms with E-state index in [0.717, 1.165) is 24.8 Å². The second-order valence-corrected chi connectivity index (χ2v) is 4.99. The van der Waals surface area contributed by atoms with Gasteiger partial charge in [0.05, 0.1) is 6.20 Å². The highest BCUT2D eigenvalue weighted by molar-refractivity contribution is 5.16. The highest BCUT2D eigenvalue weighted by atomic mass is 19.1. The molecule has 0 aliphatic heterocycles. The molecule has 0 aliphatic carbocycles. The van der Waals surface area contributed by atoms with Gasteiger partial charge in [-0.05, 0) is 55.0 Å². The summed E-state index contributed by atoms with van der Waals surface area (Å²) in [5, 5.41) is 4.16. The second kappa shape index (κ2) is 6.48. The second-order valence-electron chi connectivity index (χ2n) is 4.99. The molecule has 3 nitrogen and oxygen atoms in total. The number of nitrogens with zero attached hydrogens (tertiary/aromatic N) is 2. The summed E-state index contributed by atoms with van der Waals surface area (Å²) in [5.41, 5.74) is 8.20. The third kappa shape index (κ3) is 4.17. The lowest BCUT2D eigenvalue weighted by atomic mass is 9.93. The van der Waals surface area contributed by atoms with Gasteiger partial charge < -0.3 is 5.73 Å². The Kier molecular flexibility index (Phi) is 4.68. The fraction of sp³-hybridized carbons (Fsp3) is 0.400. The average Bonchev–Trinajstić information content (AvgIpc) is 2.82. The SMILES string of the molecule is Cn1cc(CCC(CN)Cc2ccc(F)cc2)cn1. The number of rotatable bonds is 6. The van der Waals surface area contributed by atoms with Crippen molar-refractivity contribution in [1.82, 2.24) is 9.78 Å². The Balaban J connectivity index is 1.87. The van der Waals surface area contributed by atoms with Crippen molar-refractivity contribution in [2.24, 2.45) is 18.7 Å². The zero-order valence-electron chi connectivity index (χ0n) is 11.2. The first-order valence-corrected chi connectivity index (χ1v) is 6.59. The molecular formula is C15H20FN3. The predicted molar refractivity (Wildman–Crippen MR) is 74.2 cm³/mol. The molecule has 1 aromatic carbocycles. The van der Waals surface area contributed by atoms with Crippen LogP contribution in [0, 0.1) is 11.7 Å². The first-order chi connectivity index (χ1) is 9.17. The molecule has 1 heterocycles. The van der Waals surface area contributed by atoms with Crippen LogP contribution in [-0.4, -0.2) is 16.3 Å². The van der Waals surface area contributed by atoms with Crippen molar-refractivity contribution < 1.29 is 4.39 Å². The molecule has 102 valence electrons. The van der Waals surface area contributed by atoms with Gasteiger partial charge in [-0.2, -0.15) is 5.10 Å². The molecule has 19 heavy (non-hydrogen) atoms. The summed E-state index contributed by atoms with van der Waals surface area (Å²) in [7, 11) is 1.92. The molecule has 0 aliphatic rings. The topological polar surface area (TPSA) is 43.8 Å². The standard InChI is InChI=1S/C15H20FN3/c1-19-11-14(10-18-19)3-2-13(9-17)8-12-4-6-15(16)7-5-12/h4-7,10-11,13H,2-3,8-9,17H2,1H3. The molecule has 4 heteroatoms. The van der Waals surface area contributed by atoms with Crippen LogP contribution in [0.5, 0.6) is 0 Å². The van der Waals surface area contributed by atoms with Crippen molar-refractivity contribution in [2.45, 2.75) is 19.3 Å². The number of nitrogens with two attached hydrogens (primary N) is 1. The van der Waals surface area contributed by atoms with E-state index in [1.165, 1.54) is 17.7 Å². The molecule has 0 radical (unpaired) electrons. The number of hydrogen-bond acceptors (Lipinski definition) is 2. The maximum atomic E-state index is 12.8. The number of benzene rings is 1. The van der Waals surface area contributed by atoms with E-state index in [4.69, 9.17) is 5.73 Å². The lowest BCUT2D eigenvalue weighted by Gasteiger charge is -2.14. The Morgan fingerprint density at radius 2 is 2.00 bits per heavy atom. The maximum Gasteiger partial charge on any atom is 0.123 e. The largest absolute Gasteiger partial charge is 0.330 e. The van der Waals surface area contributed by atoms with Crippen molar-refractivity contribution in [3.63, 3.8) is 0 Å². The van der Waals surface area contributed by atoms with E-state index < -0.39 is 0 Å². The van der Waals surface area contributed by atoms with Gasteiger partial charge in [0.2, 0.25) is 0 Å². The number of aromatic nitrogens is 2. The summed E-state index contributed by atoms with van der Waals surface area (Å²) in [5.74, 6) is 0.231. The molecule has 0 fully saturated rings. The monoisotopic (exact) mass is 261 g/mol. The molecule has 0 amide bonds. The van der Waals surface area contributed by atoms with Gasteiger partial charge in [-0.15, -0.1) is 0 Å². The van der Waals surface area contributed by atoms with E-state index in [2.05, 4.69) is 5.10 Å². The fourth-order valence-corrected chi connectivity index (χ4v) is 2.23. The van der Waals surface area contributed by atoms with Gasteiger partial charge in [0.15, 0.2) is 0 Å². The van der Waals surface area contributed by atoms with Crippen LogP contribution in [0.25, 0.3) is 0 Å². The normalized spacial score (nSPS) is 12.6. The Hall–Kier alpha value is -1.68. The highest BCUT2D eigenvalue weighted by Gasteiger charge is 2.09. The van der Waals surface area contributed by atoms with Crippen molar-refractivity contribution in [2.75, 3.05) is 6.54 Å². The zero-order chi connectivity index (χ0) is 13.7. The third-order valence-corrected chi connectivity index (χ3v) is 3.37. The summed E-state index contributed by atoms with van der Waals surface area (Å²) >= 11 is 0. The molecule has 0 saturated heterocycles. The van der Waals surface area contributed by atoms with E-state index in [9.17, 15) is 4.39 Å². The van der Waals surface area contributed by atoms with Gasteiger partial charge >= 0.3 is 0 Å². The Bertz CT molecular complexity index is 504. The van der Waals surface area contributed by atoms with Crippen molar-refractivity contribution in [3.8, 4) is 0 Å². The minimum absolute atomic E-state index is 0.191. The van der Waals surface area contributed by atoms with Crippen LogP contribution in [-0.2, 0) is 19.9 Å². The number of aryl methyl sites for hydroxylation is 2. The van der Waals surface area contributed by atoms with Crippen LogP contribution < -0.4 is 5.73 Å². The summed E-state index contributed by atoms with van der Waals surface area (Å²) in [4.78, 5) is 0. The lowest BCUT2D eigenvalue weighted by Crippen LogP contribution is -2.17. The third-order valence-electron chi connectivity index (χ3n) is 3.37. The molecule has 1 atom stereocenters. The van der Waals surface area contributed by atoms with E-state index >= 15 is 0 Å². The molecule has 0 saturated carbocycles. The van der Waals surface area contributed by atoms with Gasteiger partial charge in [-0.1, -0.05) is 12.1 Å². The first kappa shape index (κ1) is 13.7. The molecule has 2 N–H and O–H groups in total. The van der Waals surface area contributed by atoms with Gasteiger partial charge in [0.1, 0.15) is 5.82 Å². The number of halogens is 1. The molecule has 0 bridgehead atoms. The van der Waals surface area contributed by atoms with Crippen molar-refractivity contribution in [3.05, 3.63) is 53.6 Å². The van der Waals surface area contributed by atoms with E-state index in [1.807, 2.05) is 36.3 Å². The summed E-state index contributed by atoms with van der Waals surface area (Å²) in [6.07, 6.45) is 6.84. The Labute approximate surface area is 113 Å². The lowest BCUT2D eigenvalue weighted by molar-refractivity contribution is 0.493.